The van der Waals surface area contributed by atoms with Crippen LogP contribution in [0.4, 0.5) is 5.69 Å². The van der Waals surface area contributed by atoms with Gasteiger partial charge in [0.25, 0.3) is 0 Å². The number of aliphatic hydroxyl groups is 1. The van der Waals surface area contributed by atoms with Crippen molar-refractivity contribution in [1.82, 2.24) is 4.98 Å². The number of nitrogens with two attached hydrogens (primary N) is 1. The highest BCUT2D eigenvalue weighted by Gasteiger charge is 2.28. The Kier molecular flexibility index (Phi) is 3.78. The minimum absolute atomic E-state index is 0.288. The van der Waals surface area contributed by atoms with Crippen LogP contribution in [-0.2, 0) is 0 Å². The number of hydrogen-bond acceptors (Lipinski definition) is 4. The number of aromatic nitrogens is 1. The average Bonchev–Trinajstić information content (AvgIpc) is 2.95. The molecule has 1 saturated heterocycles. The molecule has 0 bridgehead atoms. The van der Waals surface area contributed by atoms with Gasteiger partial charge in [-0.2, -0.15) is 0 Å². The summed E-state index contributed by atoms with van der Waals surface area (Å²) in [5, 5.41) is 10.9. The fourth-order valence-corrected chi connectivity index (χ4v) is 3.18. The number of hydrogen-bond donors (Lipinski definition) is 2. The van der Waals surface area contributed by atoms with Gasteiger partial charge in [0.05, 0.1) is 22.9 Å². The van der Waals surface area contributed by atoms with Crippen molar-refractivity contribution < 1.29 is 5.11 Å². The van der Waals surface area contributed by atoms with E-state index >= 15 is 0 Å². The Morgan fingerprint density at radius 2 is 2.24 bits per heavy atom. The summed E-state index contributed by atoms with van der Waals surface area (Å²) in [6.45, 7) is 3.58. The van der Waals surface area contributed by atoms with Crippen molar-refractivity contribution in [3.05, 3.63) is 36.0 Å². The second-order valence-electron chi connectivity index (χ2n) is 5.64. The summed E-state index contributed by atoms with van der Waals surface area (Å²) in [6.07, 6.45) is 2.44. The molecule has 21 heavy (non-hydrogen) atoms. The van der Waals surface area contributed by atoms with E-state index in [1.807, 2.05) is 25.1 Å². The molecule has 2 atom stereocenters. The lowest BCUT2D eigenvalue weighted by molar-refractivity contribution is 0.136. The van der Waals surface area contributed by atoms with Crippen molar-refractivity contribution in [2.45, 2.75) is 19.4 Å². The summed E-state index contributed by atoms with van der Waals surface area (Å²) in [7, 11) is 0. The number of fused-ring (bicyclic) bond motifs is 1. The normalized spacial score (nSPS) is 19.9. The van der Waals surface area contributed by atoms with Gasteiger partial charge in [-0.1, -0.05) is 30.4 Å². The maximum Gasteiger partial charge on any atom is 0.107 e. The first-order valence-corrected chi connectivity index (χ1v) is 7.59. The van der Waals surface area contributed by atoms with Crippen LogP contribution in [0.15, 0.2) is 30.5 Å². The Bertz CT molecular complexity index is 686. The lowest BCUT2D eigenvalue weighted by Gasteiger charge is -2.24. The van der Waals surface area contributed by atoms with Crippen LogP contribution in [0.5, 0.6) is 0 Å². The molecule has 0 spiro atoms. The SMILES string of the molecule is CC(O)C1CCN(c2c(C(N)=S)cnc3ccccc23)C1. The van der Waals surface area contributed by atoms with E-state index in [0.717, 1.165) is 41.7 Å². The minimum atomic E-state index is -0.295. The number of aliphatic hydroxyl groups excluding tert-OH is 1. The molecular formula is C16H19N3OS. The molecule has 4 nitrogen and oxygen atoms in total. The molecular weight excluding hydrogens is 282 g/mol. The lowest BCUT2D eigenvalue weighted by atomic mass is 10.0. The molecule has 5 heteroatoms. The zero-order valence-corrected chi connectivity index (χ0v) is 12.8. The van der Waals surface area contributed by atoms with Crippen LogP contribution in [0, 0.1) is 5.92 Å². The van der Waals surface area contributed by atoms with Crippen molar-refractivity contribution in [3.63, 3.8) is 0 Å². The Hall–Kier alpha value is -1.72. The number of pyridine rings is 1. The maximum absolute atomic E-state index is 9.82. The lowest BCUT2D eigenvalue weighted by Crippen LogP contribution is -2.26. The molecule has 110 valence electrons. The molecule has 2 aromatic rings. The largest absolute Gasteiger partial charge is 0.393 e. The number of nitrogens with zero attached hydrogens (tertiary/aromatic N) is 2. The molecule has 0 amide bonds. The van der Waals surface area contributed by atoms with Crippen LogP contribution in [0.2, 0.25) is 0 Å². The van der Waals surface area contributed by atoms with Crippen LogP contribution in [-0.4, -0.2) is 34.3 Å². The quantitative estimate of drug-likeness (QED) is 0.850. The molecule has 1 aromatic carbocycles. The molecule has 3 rings (SSSR count). The summed E-state index contributed by atoms with van der Waals surface area (Å²) >= 11 is 5.19. The smallest absolute Gasteiger partial charge is 0.107 e. The van der Waals surface area contributed by atoms with Gasteiger partial charge in [-0.15, -0.1) is 0 Å². The molecule has 1 aromatic heterocycles. The van der Waals surface area contributed by atoms with Gasteiger partial charge in [-0.25, -0.2) is 0 Å². The summed E-state index contributed by atoms with van der Waals surface area (Å²) in [4.78, 5) is 7.08. The minimum Gasteiger partial charge on any atom is -0.393 e. The van der Waals surface area contributed by atoms with Crippen LogP contribution in [0.1, 0.15) is 18.9 Å². The summed E-state index contributed by atoms with van der Waals surface area (Å²) in [5.41, 5.74) is 8.69. The number of benzene rings is 1. The molecule has 1 fully saturated rings. The van der Waals surface area contributed by atoms with Crippen molar-refractivity contribution >= 4 is 33.8 Å². The van der Waals surface area contributed by atoms with Gasteiger partial charge in [-0.3, -0.25) is 4.98 Å². The first kappa shape index (κ1) is 14.2. The topological polar surface area (TPSA) is 62.4 Å². The van der Waals surface area contributed by atoms with E-state index in [-0.39, 0.29) is 12.0 Å². The Labute approximate surface area is 129 Å². The van der Waals surface area contributed by atoms with Crippen molar-refractivity contribution in [1.29, 1.82) is 0 Å². The Balaban J connectivity index is 2.11. The second kappa shape index (κ2) is 5.58. The third-order valence-corrected chi connectivity index (χ3v) is 4.46. The average molecular weight is 301 g/mol. The molecule has 3 N–H and O–H groups in total. The second-order valence-corrected chi connectivity index (χ2v) is 6.08. The molecule has 0 saturated carbocycles. The van der Waals surface area contributed by atoms with E-state index in [0.29, 0.717) is 4.99 Å². The predicted octanol–water partition coefficient (Wildman–Crippen LogP) is 2.08. The van der Waals surface area contributed by atoms with Gasteiger partial charge in [-0.05, 0) is 19.4 Å². The summed E-state index contributed by atoms with van der Waals surface area (Å²) < 4.78 is 0. The van der Waals surface area contributed by atoms with Gasteiger partial charge in [0.15, 0.2) is 0 Å². The third-order valence-electron chi connectivity index (χ3n) is 4.24. The predicted molar refractivity (Wildman–Crippen MR) is 89.6 cm³/mol. The third kappa shape index (κ3) is 2.59. The van der Waals surface area contributed by atoms with Gasteiger partial charge < -0.3 is 15.7 Å². The fraction of sp³-hybridized carbons (Fsp3) is 0.375. The Morgan fingerprint density at radius 1 is 1.48 bits per heavy atom. The van der Waals surface area contributed by atoms with Gasteiger partial charge >= 0.3 is 0 Å². The van der Waals surface area contributed by atoms with E-state index in [9.17, 15) is 5.11 Å². The molecule has 2 unspecified atom stereocenters. The maximum atomic E-state index is 9.82. The first-order valence-electron chi connectivity index (χ1n) is 7.18. The molecule has 0 aliphatic carbocycles. The van der Waals surface area contributed by atoms with Crippen LogP contribution >= 0.6 is 12.2 Å². The summed E-state index contributed by atoms with van der Waals surface area (Å²) in [6, 6.07) is 8.01. The number of para-hydroxylation sites is 1. The number of anilines is 1. The number of rotatable bonds is 3. The van der Waals surface area contributed by atoms with Crippen molar-refractivity contribution in [2.75, 3.05) is 18.0 Å². The van der Waals surface area contributed by atoms with E-state index in [1.54, 1.807) is 6.20 Å². The highest BCUT2D eigenvalue weighted by atomic mass is 32.1. The van der Waals surface area contributed by atoms with Gasteiger partial charge in [0.2, 0.25) is 0 Å². The molecule has 1 aliphatic rings. The zero-order valence-electron chi connectivity index (χ0n) is 12.0. The number of thiocarbonyl (C=S) groups is 1. The zero-order chi connectivity index (χ0) is 15.0. The van der Waals surface area contributed by atoms with E-state index in [4.69, 9.17) is 18.0 Å². The highest BCUT2D eigenvalue weighted by molar-refractivity contribution is 7.80. The van der Waals surface area contributed by atoms with E-state index in [1.165, 1.54) is 0 Å². The van der Waals surface area contributed by atoms with Crippen LogP contribution in [0.3, 0.4) is 0 Å². The van der Waals surface area contributed by atoms with Gasteiger partial charge in [0, 0.05) is 30.6 Å². The fourth-order valence-electron chi connectivity index (χ4n) is 3.03. The monoisotopic (exact) mass is 301 g/mol. The van der Waals surface area contributed by atoms with Crippen LogP contribution < -0.4 is 10.6 Å². The van der Waals surface area contributed by atoms with Crippen molar-refractivity contribution in [3.8, 4) is 0 Å². The molecule has 1 aliphatic heterocycles. The molecule has 0 radical (unpaired) electrons. The van der Waals surface area contributed by atoms with Crippen molar-refractivity contribution in [2.24, 2.45) is 11.7 Å². The summed E-state index contributed by atoms with van der Waals surface area (Å²) in [5.74, 6) is 0.288. The Morgan fingerprint density at radius 3 is 2.90 bits per heavy atom. The van der Waals surface area contributed by atoms with Gasteiger partial charge in [0.1, 0.15) is 4.99 Å². The van der Waals surface area contributed by atoms with Crippen LogP contribution in [0.25, 0.3) is 10.9 Å². The van der Waals surface area contributed by atoms with E-state index < -0.39 is 0 Å². The molecule has 2 heterocycles. The highest BCUT2D eigenvalue weighted by Crippen LogP contribution is 2.34. The first-order chi connectivity index (χ1) is 10.1. The van der Waals surface area contributed by atoms with E-state index in [2.05, 4.69) is 16.0 Å². The standard InChI is InChI=1S/C16H19N3OS/c1-10(20)11-6-7-19(9-11)15-12-4-2-3-5-14(12)18-8-13(15)16(17)21/h2-5,8,10-11,20H,6-7,9H2,1H3,(H2,17,21).